The summed E-state index contributed by atoms with van der Waals surface area (Å²) in [5, 5.41) is 25.5. The Balaban J connectivity index is 0. The zero-order chi connectivity index (χ0) is 10.5. The van der Waals surface area contributed by atoms with E-state index in [-0.39, 0.29) is 26.2 Å². The van der Waals surface area contributed by atoms with Gasteiger partial charge in [0.2, 0.25) is 6.41 Å². The van der Waals surface area contributed by atoms with Crippen molar-refractivity contribution in [1.29, 1.82) is 0 Å². The first-order valence-corrected chi connectivity index (χ1v) is 3.97. The topological polar surface area (TPSA) is 107 Å². The molecule has 1 amide bonds. The Kier molecular flexibility index (Phi) is 15.8. The van der Waals surface area contributed by atoms with Crippen LogP contribution >= 0.6 is 0 Å². The lowest BCUT2D eigenvalue weighted by Crippen LogP contribution is -2.32. The van der Waals surface area contributed by atoms with Crippen LogP contribution < -0.4 is 5.73 Å². The van der Waals surface area contributed by atoms with Crippen LogP contribution in [0.5, 0.6) is 0 Å². The summed E-state index contributed by atoms with van der Waals surface area (Å²) in [6.45, 7) is 1.75. The van der Waals surface area contributed by atoms with E-state index in [1.54, 1.807) is 4.90 Å². The van der Waals surface area contributed by atoms with Gasteiger partial charge in [-0.15, -0.1) is 0 Å². The maximum absolute atomic E-state index is 8.58. The van der Waals surface area contributed by atoms with E-state index in [1.807, 2.05) is 0 Å². The number of nitrogens with two attached hydrogens (primary N) is 1. The Morgan fingerprint density at radius 3 is 1.38 bits per heavy atom. The summed E-state index contributed by atoms with van der Waals surface area (Å²) in [5.41, 5.74) is 4.17. The van der Waals surface area contributed by atoms with E-state index in [9.17, 15) is 0 Å². The monoisotopic (exact) mass is 194 g/mol. The van der Waals surface area contributed by atoms with Crippen molar-refractivity contribution in [3.63, 3.8) is 0 Å². The van der Waals surface area contributed by atoms with Gasteiger partial charge in [-0.1, -0.05) is 0 Å². The largest absolute Gasteiger partial charge is 0.395 e. The Morgan fingerprint density at radius 1 is 1.00 bits per heavy atom. The molecule has 0 rings (SSSR count). The van der Waals surface area contributed by atoms with Crippen LogP contribution in [0.1, 0.15) is 0 Å². The number of hydrogen-bond donors (Lipinski definition) is 4. The highest BCUT2D eigenvalue weighted by Gasteiger charge is 2.00. The molecule has 6 heteroatoms. The fourth-order valence-electron chi connectivity index (χ4n) is 0.760. The quantitative estimate of drug-likeness (QED) is 0.346. The minimum Gasteiger partial charge on any atom is -0.395 e. The molecule has 0 aromatic carbocycles. The fraction of sp³-hybridized carbons (Fsp3) is 0.857. The SMILES string of the molecule is NC=O.OCCN(CCO)CCO. The highest BCUT2D eigenvalue weighted by molar-refractivity contribution is 5.42. The molecule has 0 saturated heterocycles. The average molecular weight is 194 g/mol. The van der Waals surface area contributed by atoms with E-state index in [2.05, 4.69) is 5.73 Å². The Labute approximate surface area is 77.6 Å². The summed E-state index contributed by atoms with van der Waals surface area (Å²) in [4.78, 5) is 10.4. The van der Waals surface area contributed by atoms with Crippen LogP contribution in [0.3, 0.4) is 0 Å². The average Bonchev–Trinajstić information content (AvgIpc) is 2.07. The predicted octanol–water partition coefficient (Wildman–Crippen LogP) is -2.63. The number of aliphatic hydroxyl groups is 3. The molecule has 0 fully saturated rings. The number of carbonyl (C=O) groups excluding carboxylic acids is 1. The molecule has 0 bridgehead atoms. The molecule has 80 valence electrons. The van der Waals surface area contributed by atoms with Crippen LogP contribution in [0.15, 0.2) is 0 Å². The van der Waals surface area contributed by atoms with Crippen molar-refractivity contribution in [2.45, 2.75) is 0 Å². The van der Waals surface area contributed by atoms with Crippen molar-refractivity contribution in [1.82, 2.24) is 4.90 Å². The van der Waals surface area contributed by atoms with Gasteiger partial charge in [0, 0.05) is 19.6 Å². The number of primary amides is 1. The number of rotatable bonds is 6. The number of aliphatic hydroxyl groups excluding tert-OH is 3. The minimum atomic E-state index is 0.0694. The molecule has 0 atom stereocenters. The molecule has 0 unspecified atom stereocenters. The Morgan fingerprint density at radius 2 is 1.23 bits per heavy atom. The van der Waals surface area contributed by atoms with Crippen LogP contribution in [0.4, 0.5) is 0 Å². The molecule has 0 aromatic heterocycles. The lowest BCUT2D eigenvalue weighted by molar-refractivity contribution is -0.106. The van der Waals surface area contributed by atoms with Gasteiger partial charge < -0.3 is 21.1 Å². The third-order valence-corrected chi connectivity index (χ3v) is 1.25. The van der Waals surface area contributed by atoms with Crippen molar-refractivity contribution >= 4 is 6.41 Å². The summed E-state index contributed by atoms with van der Waals surface area (Å²) in [7, 11) is 0. The Bertz CT molecular complexity index is 88.2. The molecule has 13 heavy (non-hydrogen) atoms. The third-order valence-electron chi connectivity index (χ3n) is 1.25. The van der Waals surface area contributed by atoms with Gasteiger partial charge in [0.1, 0.15) is 0 Å². The maximum Gasteiger partial charge on any atom is 0.204 e. The van der Waals surface area contributed by atoms with Gasteiger partial charge in [0.15, 0.2) is 0 Å². The van der Waals surface area contributed by atoms with Crippen molar-refractivity contribution in [2.75, 3.05) is 39.5 Å². The second kappa shape index (κ2) is 13.9. The van der Waals surface area contributed by atoms with E-state index < -0.39 is 0 Å². The second-order valence-corrected chi connectivity index (χ2v) is 2.15. The Hall–Kier alpha value is -0.690. The molecule has 0 aliphatic carbocycles. The molecule has 0 radical (unpaired) electrons. The van der Waals surface area contributed by atoms with Crippen LogP contribution in [0, 0.1) is 0 Å². The predicted molar refractivity (Wildman–Crippen MR) is 47.9 cm³/mol. The summed E-state index contributed by atoms with van der Waals surface area (Å²) in [6.07, 6.45) is 0.250. The molecular formula is C7H18N2O4. The van der Waals surface area contributed by atoms with E-state index >= 15 is 0 Å². The summed E-state index contributed by atoms with van der Waals surface area (Å²) in [5.74, 6) is 0. The van der Waals surface area contributed by atoms with Gasteiger partial charge in [0.25, 0.3) is 0 Å². The molecule has 0 aromatic rings. The molecule has 0 aliphatic heterocycles. The van der Waals surface area contributed by atoms with Crippen LogP contribution in [0.25, 0.3) is 0 Å². The minimum absolute atomic E-state index is 0.0694. The maximum atomic E-state index is 8.58. The standard InChI is InChI=1S/C6H15NO3.CH3NO/c8-4-1-7(2-5-9)3-6-10;2-1-3/h8-10H,1-6H2;1H,(H2,2,3). The highest BCUT2D eigenvalue weighted by Crippen LogP contribution is 1.84. The lowest BCUT2D eigenvalue weighted by atomic mass is 10.4. The van der Waals surface area contributed by atoms with Crippen molar-refractivity contribution < 1.29 is 20.1 Å². The van der Waals surface area contributed by atoms with Gasteiger partial charge in [0.05, 0.1) is 19.8 Å². The first kappa shape index (κ1) is 14.8. The van der Waals surface area contributed by atoms with E-state index in [4.69, 9.17) is 20.1 Å². The van der Waals surface area contributed by atoms with Crippen LogP contribution in [0.2, 0.25) is 0 Å². The van der Waals surface area contributed by atoms with E-state index in [1.165, 1.54) is 0 Å². The molecule has 0 saturated carbocycles. The lowest BCUT2D eigenvalue weighted by Gasteiger charge is -2.17. The van der Waals surface area contributed by atoms with Gasteiger partial charge in [-0.3, -0.25) is 9.69 Å². The molecular weight excluding hydrogens is 176 g/mol. The number of nitrogens with zero attached hydrogens (tertiary/aromatic N) is 1. The smallest absolute Gasteiger partial charge is 0.204 e. The van der Waals surface area contributed by atoms with Crippen LogP contribution in [-0.2, 0) is 4.79 Å². The van der Waals surface area contributed by atoms with Gasteiger partial charge in [-0.05, 0) is 0 Å². The second-order valence-electron chi connectivity index (χ2n) is 2.15. The van der Waals surface area contributed by atoms with Gasteiger partial charge in [-0.2, -0.15) is 0 Å². The van der Waals surface area contributed by atoms with Gasteiger partial charge >= 0.3 is 0 Å². The van der Waals surface area contributed by atoms with Gasteiger partial charge in [-0.25, -0.2) is 0 Å². The van der Waals surface area contributed by atoms with E-state index in [0.29, 0.717) is 19.6 Å². The zero-order valence-electron chi connectivity index (χ0n) is 7.59. The number of hydrogen-bond acceptors (Lipinski definition) is 5. The van der Waals surface area contributed by atoms with Crippen LogP contribution in [-0.4, -0.2) is 66.1 Å². The normalized spacial score (nSPS) is 9.23. The first-order chi connectivity index (χ1) is 6.26. The third kappa shape index (κ3) is 14.2. The molecule has 0 spiro atoms. The number of carbonyl (C=O) groups is 1. The molecule has 0 aliphatic rings. The summed E-state index contributed by atoms with van der Waals surface area (Å²) >= 11 is 0. The summed E-state index contributed by atoms with van der Waals surface area (Å²) < 4.78 is 0. The zero-order valence-corrected chi connectivity index (χ0v) is 7.59. The van der Waals surface area contributed by atoms with Crippen molar-refractivity contribution in [3.05, 3.63) is 0 Å². The number of amides is 1. The van der Waals surface area contributed by atoms with Crippen molar-refractivity contribution in [3.8, 4) is 0 Å². The molecule has 6 nitrogen and oxygen atoms in total. The first-order valence-electron chi connectivity index (χ1n) is 3.97. The highest BCUT2D eigenvalue weighted by atomic mass is 16.3. The molecule has 0 heterocycles. The van der Waals surface area contributed by atoms with Crippen molar-refractivity contribution in [2.24, 2.45) is 5.73 Å². The summed E-state index contributed by atoms with van der Waals surface area (Å²) in [6, 6.07) is 0. The fourth-order valence-corrected chi connectivity index (χ4v) is 0.760. The van der Waals surface area contributed by atoms with E-state index in [0.717, 1.165) is 0 Å². The molecule has 5 N–H and O–H groups in total.